The van der Waals surface area contributed by atoms with Crippen LogP contribution in [-0.2, 0) is 10.3 Å². The van der Waals surface area contributed by atoms with Crippen molar-refractivity contribution in [1.82, 2.24) is 10.1 Å². The third-order valence-electron chi connectivity index (χ3n) is 3.63. The fourth-order valence-electron chi connectivity index (χ4n) is 2.42. The zero-order valence-corrected chi connectivity index (χ0v) is 11.2. The Morgan fingerprint density at radius 2 is 2.20 bits per heavy atom. The van der Waals surface area contributed by atoms with Gasteiger partial charge in [0, 0.05) is 12.3 Å². The summed E-state index contributed by atoms with van der Waals surface area (Å²) in [6.45, 7) is 2.59. The third kappa shape index (κ3) is 2.16. The van der Waals surface area contributed by atoms with Crippen molar-refractivity contribution in [3.05, 3.63) is 29.8 Å². The molecule has 5 nitrogen and oxygen atoms in total. The van der Waals surface area contributed by atoms with Crippen molar-refractivity contribution in [1.29, 1.82) is 0 Å². The molecule has 1 saturated heterocycles. The first-order valence-electron chi connectivity index (χ1n) is 6.63. The van der Waals surface area contributed by atoms with Crippen LogP contribution in [0.1, 0.15) is 32.0 Å². The molecule has 1 fully saturated rings. The summed E-state index contributed by atoms with van der Waals surface area (Å²) in [6, 6.07) is 4.45. The second-order valence-electron chi connectivity index (χ2n) is 5.16. The summed E-state index contributed by atoms with van der Waals surface area (Å²) in [4.78, 5) is 4.27. The zero-order chi connectivity index (χ0) is 14.2. The van der Waals surface area contributed by atoms with Gasteiger partial charge < -0.3 is 15.0 Å². The number of nitrogens with zero attached hydrogens (tertiary/aromatic N) is 2. The van der Waals surface area contributed by atoms with Crippen molar-refractivity contribution < 1.29 is 13.7 Å². The van der Waals surface area contributed by atoms with Crippen molar-refractivity contribution in [3.63, 3.8) is 0 Å². The standard InChI is InChI=1S/C14H16FN3O2/c1-14(7-2-3-8-19-14)13-17-12(20-18-13)11-9(15)5-4-6-10(11)16/h4-6H,2-3,7-8,16H2,1H3. The van der Waals surface area contributed by atoms with E-state index in [2.05, 4.69) is 10.1 Å². The van der Waals surface area contributed by atoms with Gasteiger partial charge in [-0.25, -0.2) is 4.39 Å². The van der Waals surface area contributed by atoms with Crippen LogP contribution < -0.4 is 5.73 Å². The molecule has 20 heavy (non-hydrogen) atoms. The van der Waals surface area contributed by atoms with Crippen LogP contribution in [0.5, 0.6) is 0 Å². The van der Waals surface area contributed by atoms with Gasteiger partial charge in [0.25, 0.3) is 5.89 Å². The van der Waals surface area contributed by atoms with Gasteiger partial charge in [-0.3, -0.25) is 0 Å². The van der Waals surface area contributed by atoms with Crippen molar-refractivity contribution in [3.8, 4) is 11.5 Å². The lowest BCUT2D eigenvalue weighted by Gasteiger charge is -2.30. The van der Waals surface area contributed by atoms with E-state index in [-0.39, 0.29) is 17.1 Å². The van der Waals surface area contributed by atoms with E-state index in [1.807, 2.05) is 6.92 Å². The van der Waals surface area contributed by atoms with Crippen molar-refractivity contribution in [2.24, 2.45) is 0 Å². The van der Waals surface area contributed by atoms with Gasteiger partial charge in [0.05, 0.1) is 5.56 Å². The zero-order valence-electron chi connectivity index (χ0n) is 11.2. The number of halogens is 1. The average molecular weight is 277 g/mol. The minimum atomic E-state index is -0.569. The van der Waals surface area contributed by atoms with Crippen molar-refractivity contribution >= 4 is 5.69 Å². The number of ether oxygens (including phenoxy) is 1. The van der Waals surface area contributed by atoms with Crippen LogP contribution in [-0.4, -0.2) is 16.7 Å². The molecule has 0 radical (unpaired) electrons. The Morgan fingerprint density at radius 3 is 2.90 bits per heavy atom. The maximum absolute atomic E-state index is 13.8. The van der Waals surface area contributed by atoms with Crippen LogP contribution in [0.15, 0.2) is 22.7 Å². The van der Waals surface area contributed by atoms with E-state index in [4.69, 9.17) is 15.0 Å². The number of anilines is 1. The molecule has 106 valence electrons. The monoisotopic (exact) mass is 277 g/mol. The molecule has 3 rings (SSSR count). The van der Waals surface area contributed by atoms with E-state index in [1.165, 1.54) is 12.1 Å². The molecule has 0 saturated carbocycles. The summed E-state index contributed by atoms with van der Waals surface area (Å²) in [5.74, 6) is 0.0516. The average Bonchev–Trinajstić information content (AvgIpc) is 2.90. The number of aromatic nitrogens is 2. The predicted molar refractivity (Wildman–Crippen MR) is 71.3 cm³/mol. The SMILES string of the molecule is CC1(c2noc(-c3c(N)cccc3F)n2)CCCCO1. The molecule has 1 aliphatic heterocycles. The number of hydrogen-bond acceptors (Lipinski definition) is 5. The van der Waals surface area contributed by atoms with Crippen molar-refractivity contribution in [2.75, 3.05) is 12.3 Å². The van der Waals surface area contributed by atoms with Gasteiger partial charge in [-0.1, -0.05) is 11.2 Å². The fraction of sp³-hybridized carbons (Fsp3) is 0.429. The van der Waals surface area contributed by atoms with Crippen LogP contribution in [0.25, 0.3) is 11.5 Å². The Hall–Kier alpha value is -1.95. The van der Waals surface area contributed by atoms with Crippen LogP contribution in [0.4, 0.5) is 10.1 Å². The minimum absolute atomic E-state index is 0.0889. The van der Waals surface area contributed by atoms with Gasteiger partial charge in [-0.2, -0.15) is 4.98 Å². The van der Waals surface area contributed by atoms with Gasteiger partial charge in [0.1, 0.15) is 11.4 Å². The Balaban J connectivity index is 1.98. The summed E-state index contributed by atoms with van der Waals surface area (Å²) in [6.07, 6.45) is 2.89. The summed E-state index contributed by atoms with van der Waals surface area (Å²) in [7, 11) is 0. The molecule has 0 spiro atoms. The normalized spacial score (nSPS) is 22.9. The molecule has 1 aromatic heterocycles. The Bertz CT molecular complexity index is 600. The fourth-order valence-corrected chi connectivity index (χ4v) is 2.42. The third-order valence-corrected chi connectivity index (χ3v) is 3.63. The maximum Gasteiger partial charge on any atom is 0.263 e. The highest BCUT2D eigenvalue weighted by molar-refractivity contribution is 5.70. The molecule has 0 amide bonds. The van der Waals surface area contributed by atoms with E-state index in [0.29, 0.717) is 12.4 Å². The molecule has 0 bridgehead atoms. The molecule has 2 N–H and O–H groups in total. The van der Waals surface area contributed by atoms with Crippen LogP contribution >= 0.6 is 0 Å². The molecule has 1 aliphatic rings. The van der Waals surface area contributed by atoms with Crippen LogP contribution in [0.2, 0.25) is 0 Å². The van der Waals surface area contributed by atoms with Crippen LogP contribution in [0, 0.1) is 5.82 Å². The lowest BCUT2D eigenvalue weighted by atomic mass is 9.95. The minimum Gasteiger partial charge on any atom is -0.398 e. The molecule has 2 heterocycles. The predicted octanol–water partition coefficient (Wildman–Crippen LogP) is 2.87. The maximum atomic E-state index is 13.8. The topological polar surface area (TPSA) is 74.2 Å². The Morgan fingerprint density at radius 1 is 1.35 bits per heavy atom. The molecule has 1 unspecified atom stereocenters. The Labute approximate surface area is 115 Å². The molecule has 1 atom stereocenters. The quantitative estimate of drug-likeness (QED) is 0.854. The number of hydrogen-bond donors (Lipinski definition) is 1. The first kappa shape index (κ1) is 13.1. The summed E-state index contributed by atoms with van der Waals surface area (Å²) in [5.41, 5.74) is 5.62. The van der Waals surface area contributed by atoms with Crippen molar-refractivity contribution in [2.45, 2.75) is 31.8 Å². The van der Waals surface area contributed by atoms with Gasteiger partial charge in [-0.15, -0.1) is 0 Å². The lowest BCUT2D eigenvalue weighted by molar-refractivity contribution is -0.0770. The molecule has 1 aromatic carbocycles. The molecule has 2 aromatic rings. The van der Waals surface area contributed by atoms with Gasteiger partial charge in [0.2, 0.25) is 5.82 Å². The second kappa shape index (κ2) is 4.86. The van der Waals surface area contributed by atoms with Crippen LogP contribution in [0.3, 0.4) is 0 Å². The molecular formula is C14H16FN3O2. The number of benzene rings is 1. The first-order valence-corrected chi connectivity index (χ1v) is 6.63. The highest BCUT2D eigenvalue weighted by Gasteiger charge is 2.35. The van der Waals surface area contributed by atoms with Gasteiger partial charge >= 0.3 is 0 Å². The number of nitrogens with two attached hydrogens (primary N) is 1. The summed E-state index contributed by atoms with van der Waals surface area (Å²) >= 11 is 0. The highest BCUT2D eigenvalue weighted by atomic mass is 19.1. The summed E-state index contributed by atoms with van der Waals surface area (Å²) < 4.78 is 24.8. The second-order valence-corrected chi connectivity index (χ2v) is 5.16. The lowest BCUT2D eigenvalue weighted by Crippen LogP contribution is -2.31. The van der Waals surface area contributed by atoms with Gasteiger partial charge in [0.15, 0.2) is 0 Å². The number of rotatable bonds is 2. The first-order chi connectivity index (χ1) is 9.60. The molecule has 6 heteroatoms. The van der Waals surface area contributed by atoms with E-state index in [0.717, 1.165) is 19.3 Å². The van der Waals surface area contributed by atoms with E-state index >= 15 is 0 Å². The highest BCUT2D eigenvalue weighted by Crippen LogP contribution is 2.35. The van der Waals surface area contributed by atoms with Gasteiger partial charge in [-0.05, 0) is 38.3 Å². The largest absolute Gasteiger partial charge is 0.398 e. The Kier molecular flexibility index (Phi) is 3.17. The summed E-state index contributed by atoms with van der Waals surface area (Å²) in [5, 5.41) is 3.94. The number of nitrogen functional groups attached to an aromatic ring is 1. The van der Waals surface area contributed by atoms with E-state index in [9.17, 15) is 4.39 Å². The smallest absolute Gasteiger partial charge is 0.263 e. The molecule has 0 aliphatic carbocycles. The van der Waals surface area contributed by atoms with E-state index < -0.39 is 11.4 Å². The molecular weight excluding hydrogens is 261 g/mol. The van der Waals surface area contributed by atoms with E-state index in [1.54, 1.807) is 6.07 Å².